The fourth-order valence-corrected chi connectivity index (χ4v) is 3.39. The van der Waals surface area contributed by atoms with Crippen molar-refractivity contribution in [3.8, 4) is 0 Å². The van der Waals surface area contributed by atoms with Crippen LogP contribution in [0.1, 0.15) is 37.0 Å². The van der Waals surface area contributed by atoms with E-state index in [2.05, 4.69) is 16.8 Å². The third-order valence-electron chi connectivity index (χ3n) is 5.13. The van der Waals surface area contributed by atoms with Gasteiger partial charge >= 0.3 is 0 Å². The molecule has 2 fully saturated rings. The molecule has 130 valence electrons. The second-order valence-corrected chi connectivity index (χ2v) is 6.90. The Balaban J connectivity index is 1.65. The molecule has 2 aliphatic rings. The van der Waals surface area contributed by atoms with Gasteiger partial charge in [0.25, 0.3) is 5.91 Å². The molecule has 0 aromatic carbocycles. The van der Waals surface area contributed by atoms with Gasteiger partial charge in [0.2, 0.25) is 5.91 Å². The fraction of sp³-hybridized carbons (Fsp3) is 0.611. The van der Waals surface area contributed by atoms with Gasteiger partial charge in [-0.25, -0.2) is 0 Å². The number of nitrogens with zero attached hydrogens (tertiary/aromatic N) is 4. The van der Waals surface area contributed by atoms with Crippen molar-refractivity contribution in [2.45, 2.75) is 26.7 Å². The Bertz CT molecular complexity index is 603. The molecular formula is C18H26N4O2. The molecule has 3 heterocycles. The predicted octanol–water partition coefficient (Wildman–Crippen LogP) is 1.62. The molecule has 6 nitrogen and oxygen atoms in total. The first-order valence-corrected chi connectivity index (χ1v) is 8.79. The summed E-state index contributed by atoms with van der Waals surface area (Å²) >= 11 is 0. The Morgan fingerprint density at radius 1 is 1.00 bits per heavy atom. The highest BCUT2D eigenvalue weighted by Gasteiger charge is 2.24. The van der Waals surface area contributed by atoms with Crippen molar-refractivity contribution in [2.24, 2.45) is 5.92 Å². The first-order chi connectivity index (χ1) is 11.5. The Kier molecular flexibility index (Phi) is 5.02. The fourth-order valence-electron chi connectivity index (χ4n) is 3.39. The summed E-state index contributed by atoms with van der Waals surface area (Å²) < 4.78 is 0. The van der Waals surface area contributed by atoms with Gasteiger partial charge in [-0.3, -0.25) is 14.6 Å². The summed E-state index contributed by atoms with van der Waals surface area (Å²) in [7, 11) is 0. The maximum absolute atomic E-state index is 12.7. The summed E-state index contributed by atoms with van der Waals surface area (Å²) in [6.07, 6.45) is 5.87. The van der Waals surface area contributed by atoms with Gasteiger partial charge in [-0.05, 0) is 24.8 Å². The van der Waals surface area contributed by atoms with E-state index in [1.165, 1.54) is 12.8 Å². The molecule has 24 heavy (non-hydrogen) atoms. The number of piperazine rings is 1. The minimum Gasteiger partial charge on any atom is -0.370 e. The molecule has 2 saturated heterocycles. The lowest BCUT2D eigenvalue weighted by atomic mass is 9.99. The monoisotopic (exact) mass is 330 g/mol. The van der Waals surface area contributed by atoms with Crippen LogP contribution in [0.25, 0.3) is 0 Å². The van der Waals surface area contributed by atoms with E-state index in [-0.39, 0.29) is 11.8 Å². The maximum Gasteiger partial charge on any atom is 0.255 e. The lowest BCUT2D eigenvalue weighted by molar-refractivity contribution is -0.130. The number of carbonyl (C=O) groups is 2. The molecule has 0 spiro atoms. The van der Waals surface area contributed by atoms with Gasteiger partial charge in [-0.2, -0.15) is 0 Å². The molecular weight excluding hydrogens is 304 g/mol. The Hall–Kier alpha value is -2.11. The van der Waals surface area contributed by atoms with Crippen LogP contribution in [0.5, 0.6) is 0 Å². The van der Waals surface area contributed by atoms with Crippen LogP contribution >= 0.6 is 0 Å². The molecule has 0 saturated carbocycles. The van der Waals surface area contributed by atoms with Crippen LogP contribution in [-0.2, 0) is 4.79 Å². The SMILES string of the molecule is CC(=O)N1CCN(C(=O)c2cncc(N3CCC(C)CC3)c2)CC1. The zero-order chi connectivity index (χ0) is 17.1. The van der Waals surface area contributed by atoms with Crippen LogP contribution in [-0.4, -0.2) is 65.9 Å². The second-order valence-electron chi connectivity index (χ2n) is 6.90. The quantitative estimate of drug-likeness (QED) is 0.827. The van der Waals surface area contributed by atoms with Crippen LogP contribution in [0.4, 0.5) is 5.69 Å². The van der Waals surface area contributed by atoms with Crippen LogP contribution in [0, 0.1) is 5.92 Å². The van der Waals surface area contributed by atoms with Crippen LogP contribution in [0.3, 0.4) is 0 Å². The van der Waals surface area contributed by atoms with E-state index < -0.39 is 0 Å². The minimum atomic E-state index is 0.0120. The Morgan fingerprint density at radius 2 is 1.62 bits per heavy atom. The number of anilines is 1. The van der Waals surface area contributed by atoms with Crippen molar-refractivity contribution in [1.82, 2.24) is 14.8 Å². The standard InChI is InChI=1S/C18H26N4O2/c1-14-3-5-21(6-4-14)17-11-16(12-19-13-17)18(24)22-9-7-20(8-10-22)15(2)23/h11-14H,3-10H2,1-2H3. The van der Waals surface area contributed by atoms with Crippen LogP contribution < -0.4 is 4.90 Å². The summed E-state index contributed by atoms with van der Waals surface area (Å²) in [6.45, 7) is 8.31. The highest BCUT2D eigenvalue weighted by atomic mass is 16.2. The normalized spacial score (nSPS) is 19.5. The number of aromatic nitrogens is 1. The second kappa shape index (κ2) is 7.20. The molecule has 0 aliphatic carbocycles. The number of rotatable bonds is 2. The van der Waals surface area contributed by atoms with Gasteiger partial charge < -0.3 is 14.7 Å². The van der Waals surface area contributed by atoms with E-state index in [4.69, 9.17) is 0 Å². The number of piperidine rings is 1. The van der Waals surface area contributed by atoms with Gasteiger partial charge in [-0.15, -0.1) is 0 Å². The molecule has 2 aliphatic heterocycles. The maximum atomic E-state index is 12.7. The molecule has 2 amide bonds. The molecule has 1 aromatic rings. The van der Waals surface area contributed by atoms with Gasteiger partial charge in [0.05, 0.1) is 17.4 Å². The summed E-state index contributed by atoms with van der Waals surface area (Å²) in [5, 5.41) is 0. The van der Waals surface area contributed by atoms with E-state index >= 15 is 0 Å². The predicted molar refractivity (Wildman–Crippen MR) is 93.0 cm³/mol. The van der Waals surface area contributed by atoms with Crippen molar-refractivity contribution in [2.75, 3.05) is 44.2 Å². The summed E-state index contributed by atoms with van der Waals surface area (Å²) in [5.74, 6) is 0.861. The van der Waals surface area contributed by atoms with Crippen LogP contribution in [0.2, 0.25) is 0 Å². The summed E-state index contributed by atoms with van der Waals surface area (Å²) in [5.41, 5.74) is 1.68. The van der Waals surface area contributed by atoms with Gasteiger partial charge in [0.1, 0.15) is 0 Å². The van der Waals surface area contributed by atoms with E-state index in [1.807, 2.05) is 17.2 Å². The van der Waals surface area contributed by atoms with E-state index in [0.717, 1.165) is 24.7 Å². The lowest BCUT2D eigenvalue weighted by Gasteiger charge is -2.34. The Morgan fingerprint density at radius 3 is 2.25 bits per heavy atom. The summed E-state index contributed by atoms with van der Waals surface area (Å²) in [6, 6.07) is 1.96. The van der Waals surface area contributed by atoms with E-state index in [9.17, 15) is 9.59 Å². The van der Waals surface area contributed by atoms with Crippen molar-refractivity contribution >= 4 is 17.5 Å². The number of carbonyl (C=O) groups excluding carboxylic acids is 2. The van der Waals surface area contributed by atoms with E-state index in [1.54, 1.807) is 18.0 Å². The molecule has 1 aromatic heterocycles. The van der Waals surface area contributed by atoms with E-state index in [0.29, 0.717) is 31.7 Å². The molecule has 0 N–H and O–H groups in total. The smallest absolute Gasteiger partial charge is 0.255 e. The first kappa shape index (κ1) is 16.7. The van der Waals surface area contributed by atoms with Crippen molar-refractivity contribution in [1.29, 1.82) is 0 Å². The number of hydrogen-bond donors (Lipinski definition) is 0. The molecule has 0 atom stereocenters. The topological polar surface area (TPSA) is 56.8 Å². The Labute approximate surface area is 143 Å². The summed E-state index contributed by atoms with van der Waals surface area (Å²) in [4.78, 5) is 34.3. The van der Waals surface area contributed by atoms with Gasteiger partial charge in [0, 0.05) is 52.4 Å². The zero-order valence-electron chi connectivity index (χ0n) is 14.6. The zero-order valence-corrected chi connectivity index (χ0v) is 14.6. The van der Waals surface area contributed by atoms with Crippen molar-refractivity contribution in [3.05, 3.63) is 24.0 Å². The molecule has 3 rings (SSSR count). The van der Waals surface area contributed by atoms with Crippen LogP contribution in [0.15, 0.2) is 18.5 Å². The number of amides is 2. The van der Waals surface area contributed by atoms with Gasteiger partial charge in [0.15, 0.2) is 0 Å². The lowest BCUT2D eigenvalue weighted by Crippen LogP contribution is -2.50. The molecule has 6 heteroatoms. The number of hydrogen-bond acceptors (Lipinski definition) is 4. The molecule has 0 radical (unpaired) electrons. The van der Waals surface area contributed by atoms with Crippen molar-refractivity contribution in [3.63, 3.8) is 0 Å². The molecule has 0 bridgehead atoms. The highest BCUT2D eigenvalue weighted by molar-refractivity contribution is 5.95. The third kappa shape index (κ3) is 3.68. The average molecular weight is 330 g/mol. The number of pyridine rings is 1. The molecule has 0 unspecified atom stereocenters. The van der Waals surface area contributed by atoms with Gasteiger partial charge in [-0.1, -0.05) is 6.92 Å². The first-order valence-electron chi connectivity index (χ1n) is 8.79. The largest absolute Gasteiger partial charge is 0.370 e. The highest BCUT2D eigenvalue weighted by Crippen LogP contribution is 2.23. The van der Waals surface area contributed by atoms with Crippen molar-refractivity contribution < 1.29 is 9.59 Å². The average Bonchev–Trinajstić information content (AvgIpc) is 2.62. The minimum absolute atomic E-state index is 0.0120. The third-order valence-corrected chi connectivity index (χ3v) is 5.13.